The fourth-order valence-electron chi connectivity index (χ4n) is 1.99. The number of benzene rings is 1. The predicted octanol–water partition coefficient (Wildman–Crippen LogP) is 2.90. The maximum absolute atomic E-state index is 12.5. The minimum Gasteiger partial charge on any atom is -0.313 e. The summed E-state index contributed by atoms with van der Waals surface area (Å²) in [6, 6.07) is 3.62. The summed E-state index contributed by atoms with van der Waals surface area (Å²) in [4.78, 5) is 0.309. The highest BCUT2D eigenvalue weighted by atomic mass is 79.9. The number of aryl methyl sites for hydroxylation is 1. The van der Waals surface area contributed by atoms with Crippen LogP contribution in [0.1, 0.15) is 25.0 Å². The van der Waals surface area contributed by atoms with Gasteiger partial charge in [-0.15, -0.1) is 0 Å². The third kappa shape index (κ3) is 5.56. The van der Waals surface area contributed by atoms with Crippen LogP contribution in [0.2, 0.25) is 0 Å². The summed E-state index contributed by atoms with van der Waals surface area (Å²) >= 11 is 5.02. The van der Waals surface area contributed by atoms with E-state index in [4.69, 9.17) is 0 Å². The number of hydrogen-bond donors (Lipinski definition) is 2. The molecule has 0 radical (unpaired) electrons. The highest BCUT2D eigenvalue weighted by molar-refractivity contribution is 9.10. The van der Waals surface area contributed by atoms with E-state index < -0.39 is 10.0 Å². The highest BCUT2D eigenvalue weighted by Gasteiger charge is 2.21. The molecule has 0 aliphatic rings. The van der Waals surface area contributed by atoms with Crippen molar-refractivity contribution in [1.82, 2.24) is 10.0 Å². The monoisotopic (exact) mass is 394 g/mol. The number of nitrogens with one attached hydrogen (secondary N) is 2. The molecular weight excluding hydrogens is 372 g/mol. The van der Waals surface area contributed by atoms with E-state index in [1.807, 2.05) is 33.1 Å². The van der Waals surface area contributed by atoms with Crippen molar-refractivity contribution in [3.63, 3.8) is 0 Å². The van der Waals surface area contributed by atoms with Gasteiger partial charge in [0.15, 0.2) is 0 Å². The molecule has 0 aliphatic carbocycles. The first-order chi connectivity index (χ1) is 9.81. The largest absolute Gasteiger partial charge is 0.313 e. The molecule has 1 aromatic carbocycles. The summed E-state index contributed by atoms with van der Waals surface area (Å²) in [5.41, 5.74) is 1.89. The lowest BCUT2D eigenvalue weighted by Gasteiger charge is -2.16. The van der Waals surface area contributed by atoms with Gasteiger partial charge in [0, 0.05) is 22.8 Å². The Morgan fingerprint density at radius 2 is 2.05 bits per heavy atom. The molecular formula is C14H23BrN2O2S2. The van der Waals surface area contributed by atoms with Crippen LogP contribution in [0.4, 0.5) is 0 Å². The van der Waals surface area contributed by atoms with Crippen molar-refractivity contribution in [1.29, 1.82) is 0 Å². The highest BCUT2D eigenvalue weighted by Crippen LogP contribution is 2.27. The molecule has 0 saturated heterocycles. The number of thioether (sulfide) groups is 1. The summed E-state index contributed by atoms with van der Waals surface area (Å²) in [5, 5.41) is 3.22. The summed E-state index contributed by atoms with van der Waals surface area (Å²) in [5.74, 6) is 0.743. The first-order valence-electron chi connectivity index (χ1n) is 6.82. The Hall–Kier alpha value is -0.0800. The molecule has 0 heterocycles. The molecule has 1 unspecified atom stereocenters. The predicted molar refractivity (Wildman–Crippen MR) is 94.4 cm³/mol. The van der Waals surface area contributed by atoms with E-state index in [9.17, 15) is 8.42 Å². The van der Waals surface area contributed by atoms with Crippen molar-refractivity contribution in [3.05, 3.63) is 27.7 Å². The Kier molecular flexibility index (Phi) is 7.70. The molecule has 4 nitrogen and oxygen atoms in total. The van der Waals surface area contributed by atoms with Gasteiger partial charge in [-0.2, -0.15) is 11.8 Å². The first-order valence-corrected chi connectivity index (χ1v) is 10.5. The summed E-state index contributed by atoms with van der Waals surface area (Å²) in [6.45, 7) is 7.31. The van der Waals surface area contributed by atoms with E-state index in [-0.39, 0.29) is 6.04 Å². The Balaban J connectivity index is 3.12. The molecule has 1 aromatic rings. The van der Waals surface area contributed by atoms with Gasteiger partial charge >= 0.3 is 0 Å². The third-order valence-corrected chi connectivity index (χ3v) is 6.68. The lowest BCUT2D eigenvalue weighted by atomic mass is 10.1. The van der Waals surface area contributed by atoms with Crippen LogP contribution in [0.15, 0.2) is 21.5 Å². The minimum atomic E-state index is -3.52. The SMILES string of the molecule is CCNCc1cc(C)c(Br)c(S(=O)(=O)NC(C)CSC)c1. The Morgan fingerprint density at radius 1 is 1.38 bits per heavy atom. The number of sulfonamides is 1. The maximum Gasteiger partial charge on any atom is 0.241 e. The molecule has 0 saturated carbocycles. The van der Waals surface area contributed by atoms with Gasteiger partial charge in [0.2, 0.25) is 10.0 Å². The Labute approximate surface area is 140 Å². The van der Waals surface area contributed by atoms with E-state index in [2.05, 4.69) is 26.0 Å². The molecule has 0 aromatic heterocycles. The van der Waals surface area contributed by atoms with Crippen molar-refractivity contribution >= 4 is 37.7 Å². The van der Waals surface area contributed by atoms with Crippen LogP contribution in [-0.4, -0.2) is 33.0 Å². The standard InChI is InChI=1S/C14H23BrN2O2S2/c1-5-16-8-12-6-10(2)14(15)13(7-12)21(18,19)17-11(3)9-20-4/h6-7,11,16-17H,5,8-9H2,1-4H3. The number of rotatable bonds is 8. The van der Waals surface area contributed by atoms with E-state index in [1.54, 1.807) is 17.8 Å². The van der Waals surface area contributed by atoms with Crippen LogP contribution in [0.25, 0.3) is 0 Å². The van der Waals surface area contributed by atoms with E-state index >= 15 is 0 Å². The topological polar surface area (TPSA) is 58.2 Å². The maximum atomic E-state index is 12.5. The van der Waals surface area contributed by atoms with Crippen molar-refractivity contribution < 1.29 is 8.42 Å². The zero-order chi connectivity index (χ0) is 16.0. The molecule has 7 heteroatoms. The molecule has 0 amide bonds. The van der Waals surface area contributed by atoms with Crippen molar-refractivity contribution in [2.45, 2.75) is 38.3 Å². The second-order valence-electron chi connectivity index (χ2n) is 4.98. The molecule has 0 aliphatic heterocycles. The third-order valence-electron chi connectivity index (χ3n) is 2.92. The minimum absolute atomic E-state index is 0.102. The molecule has 0 fully saturated rings. The van der Waals surface area contributed by atoms with Gasteiger partial charge in [-0.3, -0.25) is 0 Å². The fraction of sp³-hybridized carbons (Fsp3) is 0.571. The van der Waals surface area contributed by atoms with Gasteiger partial charge in [0.05, 0.1) is 4.90 Å². The van der Waals surface area contributed by atoms with Crippen molar-refractivity contribution in [2.75, 3.05) is 18.6 Å². The van der Waals surface area contributed by atoms with Crippen LogP contribution in [0.5, 0.6) is 0 Å². The molecule has 0 spiro atoms. The smallest absolute Gasteiger partial charge is 0.241 e. The van der Waals surface area contributed by atoms with Gasteiger partial charge < -0.3 is 5.32 Å². The molecule has 2 N–H and O–H groups in total. The summed E-state index contributed by atoms with van der Waals surface area (Å²) in [7, 11) is -3.52. The molecule has 1 rings (SSSR count). The zero-order valence-electron chi connectivity index (χ0n) is 12.9. The van der Waals surface area contributed by atoms with Crippen LogP contribution < -0.4 is 10.0 Å². The molecule has 1 atom stereocenters. The quantitative estimate of drug-likeness (QED) is 0.711. The zero-order valence-corrected chi connectivity index (χ0v) is 16.1. The fourth-order valence-corrected chi connectivity index (χ4v) is 4.99. The summed E-state index contributed by atoms with van der Waals surface area (Å²) < 4.78 is 28.4. The van der Waals surface area contributed by atoms with E-state index in [1.165, 1.54) is 0 Å². The van der Waals surface area contributed by atoms with E-state index in [0.717, 1.165) is 23.4 Å². The van der Waals surface area contributed by atoms with Gasteiger partial charge in [0.1, 0.15) is 0 Å². The summed E-state index contributed by atoms with van der Waals surface area (Å²) in [6.07, 6.45) is 1.96. The second-order valence-corrected chi connectivity index (χ2v) is 8.37. The van der Waals surface area contributed by atoms with Crippen LogP contribution in [0, 0.1) is 6.92 Å². The average molecular weight is 395 g/mol. The average Bonchev–Trinajstić information content (AvgIpc) is 2.39. The Bertz CT molecular complexity index is 577. The molecule has 0 bridgehead atoms. The van der Waals surface area contributed by atoms with Crippen molar-refractivity contribution in [3.8, 4) is 0 Å². The van der Waals surface area contributed by atoms with Crippen LogP contribution >= 0.6 is 27.7 Å². The molecule has 21 heavy (non-hydrogen) atoms. The normalized spacial score (nSPS) is 13.4. The van der Waals surface area contributed by atoms with Gasteiger partial charge in [-0.1, -0.05) is 13.0 Å². The molecule has 120 valence electrons. The van der Waals surface area contributed by atoms with Gasteiger partial charge in [-0.05, 0) is 59.8 Å². The van der Waals surface area contributed by atoms with Crippen molar-refractivity contribution in [2.24, 2.45) is 0 Å². The lowest BCUT2D eigenvalue weighted by Crippen LogP contribution is -2.34. The van der Waals surface area contributed by atoms with Crippen LogP contribution in [0.3, 0.4) is 0 Å². The Morgan fingerprint density at radius 3 is 2.62 bits per heavy atom. The number of halogens is 1. The van der Waals surface area contributed by atoms with Crippen LogP contribution in [-0.2, 0) is 16.6 Å². The van der Waals surface area contributed by atoms with Gasteiger partial charge in [-0.25, -0.2) is 13.1 Å². The second kappa shape index (κ2) is 8.53. The first kappa shape index (κ1) is 19.0. The number of hydrogen-bond acceptors (Lipinski definition) is 4. The van der Waals surface area contributed by atoms with Gasteiger partial charge in [0.25, 0.3) is 0 Å². The lowest BCUT2D eigenvalue weighted by molar-refractivity contribution is 0.570. The van der Waals surface area contributed by atoms with E-state index in [0.29, 0.717) is 15.9 Å².